The number of halogens is 3. The van der Waals surface area contributed by atoms with Crippen molar-refractivity contribution in [2.45, 2.75) is 32.5 Å². The van der Waals surface area contributed by atoms with Gasteiger partial charge in [-0.15, -0.1) is 0 Å². The molecule has 5 nitrogen and oxygen atoms in total. The van der Waals surface area contributed by atoms with E-state index < -0.39 is 18.1 Å². The van der Waals surface area contributed by atoms with E-state index in [0.29, 0.717) is 29.9 Å². The van der Waals surface area contributed by atoms with Crippen LogP contribution in [0, 0.1) is 5.92 Å². The smallest absolute Gasteiger partial charge is 0.396 e. The summed E-state index contributed by atoms with van der Waals surface area (Å²) in [4.78, 5) is 15.9. The highest BCUT2D eigenvalue weighted by atomic mass is 32.1. The maximum Gasteiger partial charge on any atom is 0.396 e. The van der Waals surface area contributed by atoms with E-state index in [4.69, 9.17) is 9.94 Å². The lowest BCUT2D eigenvalue weighted by molar-refractivity contribution is -0.158. The Labute approximate surface area is 194 Å². The van der Waals surface area contributed by atoms with Crippen LogP contribution in [-0.4, -0.2) is 36.1 Å². The molecule has 0 saturated carbocycles. The standard InChI is InChI=1S/C24H25F3N2O3S/c1-16(19-5-2-17(3-6-19)13-28-10-8-23(30)31)29-32-14-18-4-7-21(20-9-11-33-15-20)22(12-18)24(25,26)27/h2-7,9,11,15,22,28H,8,10,12-14H2,1H3,(H,30,31)/b29-16+. The number of nitrogens with one attached hydrogen (secondary N) is 1. The Morgan fingerprint density at radius 2 is 2.00 bits per heavy atom. The fourth-order valence-corrected chi connectivity index (χ4v) is 4.11. The van der Waals surface area contributed by atoms with Crippen molar-refractivity contribution in [3.05, 3.63) is 75.5 Å². The number of aliphatic carboxylic acids is 1. The van der Waals surface area contributed by atoms with Gasteiger partial charge in [-0.25, -0.2) is 0 Å². The van der Waals surface area contributed by atoms with Gasteiger partial charge in [-0.2, -0.15) is 24.5 Å². The SMILES string of the molecule is C/C(=N\OCC1=CC=C(c2ccsc2)C(C(F)(F)F)C1)c1ccc(CNCCC(=O)O)cc1. The Kier molecular flexibility index (Phi) is 8.46. The van der Waals surface area contributed by atoms with Gasteiger partial charge in [0, 0.05) is 13.1 Å². The summed E-state index contributed by atoms with van der Waals surface area (Å²) < 4.78 is 40.9. The van der Waals surface area contributed by atoms with Gasteiger partial charge >= 0.3 is 12.1 Å². The number of hydrogen-bond acceptors (Lipinski definition) is 5. The number of nitrogens with zero attached hydrogens (tertiary/aromatic N) is 1. The second kappa shape index (κ2) is 11.3. The molecule has 1 atom stereocenters. The Hall–Kier alpha value is -2.91. The third kappa shape index (κ3) is 7.30. The van der Waals surface area contributed by atoms with Gasteiger partial charge in [0.25, 0.3) is 0 Å². The maximum absolute atomic E-state index is 13.6. The van der Waals surface area contributed by atoms with Gasteiger partial charge in [-0.05, 0) is 58.0 Å². The molecule has 1 aliphatic rings. The molecule has 0 bridgehead atoms. The highest BCUT2D eigenvalue weighted by Crippen LogP contribution is 2.43. The molecule has 0 aliphatic heterocycles. The number of thiophene rings is 1. The zero-order chi connectivity index (χ0) is 23.8. The van der Waals surface area contributed by atoms with Gasteiger partial charge in [0.05, 0.1) is 18.1 Å². The van der Waals surface area contributed by atoms with E-state index in [1.807, 2.05) is 24.3 Å². The third-order valence-electron chi connectivity index (χ3n) is 5.26. The van der Waals surface area contributed by atoms with Crippen LogP contribution in [0.1, 0.15) is 36.5 Å². The van der Waals surface area contributed by atoms with Crippen LogP contribution in [0.25, 0.3) is 5.57 Å². The molecule has 2 N–H and O–H groups in total. The average Bonchev–Trinajstić information content (AvgIpc) is 3.31. The maximum atomic E-state index is 13.6. The van der Waals surface area contributed by atoms with Gasteiger partial charge in [0.1, 0.15) is 6.61 Å². The molecule has 9 heteroatoms. The van der Waals surface area contributed by atoms with Crippen LogP contribution in [0.3, 0.4) is 0 Å². The van der Waals surface area contributed by atoms with Gasteiger partial charge in [0.2, 0.25) is 0 Å². The lowest BCUT2D eigenvalue weighted by Gasteiger charge is -2.26. The van der Waals surface area contributed by atoms with E-state index in [2.05, 4.69) is 10.5 Å². The fraction of sp³-hybridized carbons (Fsp3) is 0.333. The third-order valence-corrected chi connectivity index (χ3v) is 5.94. The number of oxime groups is 1. The molecular formula is C24H25F3N2O3S. The molecule has 1 aromatic carbocycles. The Balaban J connectivity index is 1.56. The molecule has 0 saturated heterocycles. The number of benzene rings is 1. The van der Waals surface area contributed by atoms with Crippen LogP contribution in [-0.2, 0) is 16.2 Å². The monoisotopic (exact) mass is 478 g/mol. The zero-order valence-corrected chi connectivity index (χ0v) is 18.9. The molecule has 0 radical (unpaired) electrons. The molecule has 3 rings (SSSR count). The van der Waals surface area contributed by atoms with Crippen molar-refractivity contribution < 1.29 is 27.9 Å². The van der Waals surface area contributed by atoms with Crippen molar-refractivity contribution in [1.82, 2.24) is 5.32 Å². The molecule has 33 heavy (non-hydrogen) atoms. The van der Waals surface area contributed by atoms with Crippen molar-refractivity contribution in [3.63, 3.8) is 0 Å². The number of hydrogen-bond donors (Lipinski definition) is 2. The minimum absolute atomic E-state index is 0.0110. The Bertz CT molecular complexity index is 1030. The highest BCUT2D eigenvalue weighted by Gasteiger charge is 2.43. The van der Waals surface area contributed by atoms with E-state index in [9.17, 15) is 18.0 Å². The summed E-state index contributed by atoms with van der Waals surface area (Å²) in [6, 6.07) is 9.24. The number of alkyl halides is 3. The predicted octanol–water partition coefficient (Wildman–Crippen LogP) is 5.65. The fourth-order valence-electron chi connectivity index (χ4n) is 3.45. The lowest BCUT2D eigenvalue weighted by Crippen LogP contribution is -2.26. The lowest BCUT2D eigenvalue weighted by atomic mass is 9.84. The van der Waals surface area contributed by atoms with Gasteiger partial charge in [0.15, 0.2) is 0 Å². The van der Waals surface area contributed by atoms with Crippen molar-refractivity contribution in [2.75, 3.05) is 13.2 Å². The molecule has 1 heterocycles. The van der Waals surface area contributed by atoms with Gasteiger partial charge < -0.3 is 15.3 Å². The van der Waals surface area contributed by atoms with E-state index in [0.717, 1.165) is 11.1 Å². The second-order valence-electron chi connectivity index (χ2n) is 7.72. The second-order valence-corrected chi connectivity index (χ2v) is 8.50. The predicted molar refractivity (Wildman–Crippen MR) is 123 cm³/mol. The van der Waals surface area contributed by atoms with E-state index in [1.165, 1.54) is 17.4 Å². The van der Waals surface area contributed by atoms with Crippen molar-refractivity contribution in [2.24, 2.45) is 11.1 Å². The minimum atomic E-state index is -4.34. The molecular weight excluding hydrogens is 453 g/mol. The molecule has 1 unspecified atom stereocenters. The number of carboxylic acid groups (broad SMARTS) is 1. The summed E-state index contributed by atoms with van der Waals surface area (Å²) >= 11 is 1.37. The zero-order valence-electron chi connectivity index (χ0n) is 18.1. The highest BCUT2D eigenvalue weighted by molar-refractivity contribution is 7.08. The summed E-state index contributed by atoms with van der Waals surface area (Å²) in [6.07, 6.45) is -1.21. The molecule has 176 valence electrons. The normalized spacial score (nSPS) is 16.8. The number of carbonyl (C=O) groups is 1. The topological polar surface area (TPSA) is 70.9 Å². The van der Waals surface area contributed by atoms with Crippen LogP contribution in [0.2, 0.25) is 0 Å². The first-order chi connectivity index (χ1) is 15.7. The van der Waals surface area contributed by atoms with E-state index in [1.54, 1.807) is 29.8 Å². The molecule has 0 fully saturated rings. The summed E-state index contributed by atoms with van der Waals surface area (Å²) in [6.45, 7) is 2.70. The van der Waals surface area contributed by atoms with E-state index in [-0.39, 0.29) is 25.0 Å². The van der Waals surface area contributed by atoms with Crippen molar-refractivity contribution >= 4 is 28.6 Å². The van der Waals surface area contributed by atoms with Crippen LogP contribution < -0.4 is 5.32 Å². The Morgan fingerprint density at radius 1 is 1.24 bits per heavy atom. The molecule has 2 aromatic rings. The Morgan fingerprint density at radius 3 is 2.64 bits per heavy atom. The van der Waals surface area contributed by atoms with Crippen molar-refractivity contribution in [1.29, 1.82) is 0 Å². The average molecular weight is 479 g/mol. The first-order valence-corrected chi connectivity index (χ1v) is 11.4. The molecule has 1 aromatic heterocycles. The first kappa shape index (κ1) is 24.7. The first-order valence-electron chi connectivity index (χ1n) is 10.4. The van der Waals surface area contributed by atoms with Gasteiger partial charge in [-0.1, -0.05) is 41.6 Å². The minimum Gasteiger partial charge on any atom is -0.481 e. The van der Waals surface area contributed by atoms with Crippen molar-refractivity contribution in [3.8, 4) is 0 Å². The summed E-state index contributed by atoms with van der Waals surface area (Å²) in [5, 5.41) is 19.3. The molecule has 0 spiro atoms. The van der Waals surface area contributed by atoms with Crippen LogP contribution >= 0.6 is 11.3 Å². The quantitative estimate of drug-likeness (QED) is 0.263. The number of carboxylic acids is 1. The largest absolute Gasteiger partial charge is 0.481 e. The molecule has 1 aliphatic carbocycles. The number of allylic oxidation sites excluding steroid dienone is 3. The molecule has 0 amide bonds. The van der Waals surface area contributed by atoms with Crippen LogP contribution in [0.15, 0.2) is 64.0 Å². The van der Waals surface area contributed by atoms with E-state index >= 15 is 0 Å². The summed E-state index contributed by atoms with van der Waals surface area (Å²) in [5.74, 6) is -2.40. The number of rotatable bonds is 10. The van der Waals surface area contributed by atoms with Gasteiger partial charge in [-0.3, -0.25) is 4.79 Å². The van der Waals surface area contributed by atoms with Crippen LogP contribution in [0.4, 0.5) is 13.2 Å². The summed E-state index contributed by atoms with van der Waals surface area (Å²) in [5.41, 5.74) is 3.86. The van der Waals surface area contributed by atoms with Crippen LogP contribution in [0.5, 0.6) is 0 Å². The summed E-state index contributed by atoms with van der Waals surface area (Å²) in [7, 11) is 0.